The van der Waals surface area contributed by atoms with Crippen LogP contribution in [-0.2, 0) is 6.61 Å². The maximum absolute atomic E-state index is 11.1. The number of benzene rings is 1. The topological polar surface area (TPSA) is 39.2 Å². The molecule has 0 aliphatic rings. The highest BCUT2D eigenvalue weighted by Gasteiger charge is 2.09. The Morgan fingerprint density at radius 3 is 2.79 bits per heavy atom. The smallest absolute Gasteiger partial charge is 0.153 e. The van der Waals surface area contributed by atoms with Gasteiger partial charge in [-0.05, 0) is 43.2 Å². The normalized spacial score (nSPS) is 10.3. The van der Waals surface area contributed by atoms with Crippen molar-refractivity contribution in [2.45, 2.75) is 20.5 Å². The molecule has 19 heavy (non-hydrogen) atoms. The zero-order chi connectivity index (χ0) is 13.8. The van der Waals surface area contributed by atoms with Crippen LogP contribution < -0.4 is 4.74 Å². The van der Waals surface area contributed by atoms with Crippen molar-refractivity contribution < 1.29 is 9.53 Å². The molecule has 3 nitrogen and oxygen atoms in total. The molecule has 0 fully saturated rings. The summed E-state index contributed by atoms with van der Waals surface area (Å²) in [5.41, 5.74) is 3.41. The molecule has 2 rings (SSSR count). The summed E-state index contributed by atoms with van der Waals surface area (Å²) in [7, 11) is 0. The fourth-order valence-electron chi connectivity index (χ4n) is 1.85. The second-order valence-electron chi connectivity index (χ2n) is 4.31. The van der Waals surface area contributed by atoms with Gasteiger partial charge in [0.15, 0.2) is 6.29 Å². The minimum Gasteiger partial charge on any atom is -0.486 e. The lowest BCUT2D eigenvalue weighted by Gasteiger charge is -2.12. The number of hydrogen-bond donors (Lipinski definition) is 0. The Morgan fingerprint density at radius 2 is 2.11 bits per heavy atom. The van der Waals surface area contributed by atoms with Crippen LogP contribution in [0.3, 0.4) is 0 Å². The first kappa shape index (κ1) is 13.7. The Labute approximate surface area is 120 Å². The van der Waals surface area contributed by atoms with E-state index < -0.39 is 0 Å². The predicted molar refractivity (Wildman–Crippen MR) is 77.6 cm³/mol. The molecule has 0 atom stereocenters. The molecule has 1 aromatic carbocycles. The van der Waals surface area contributed by atoms with Gasteiger partial charge in [-0.25, -0.2) is 0 Å². The zero-order valence-corrected chi connectivity index (χ0v) is 12.4. The van der Waals surface area contributed by atoms with Crippen molar-refractivity contribution in [3.05, 3.63) is 57.3 Å². The monoisotopic (exact) mass is 319 g/mol. The Hall–Kier alpha value is -1.68. The second-order valence-corrected chi connectivity index (χ2v) is 5.23. The van der Waals surface area contributed by atoms with Gasteiger partial charge in [-0.3, -0.25) is 9.78 Å². The van der Waals surface area contributed by atoms with E-state index in [1.807, 2.05) is 32.0 Å². The number of pyridine rings is 1. The largest absolute Gasteiger partial charge is 0.486 e. The standard InChI is InChI=1S/C15H14BrNO2/c1-10-4-3-5-17-14(10)9-19-15-11(2)6-13(16)7-12(15)8-18/h3-8H,9H2,1-2H3. The van der Waals surface area contributed by atoms with Crippen LogP contribution in [0.2, 0.25) is 0 Å². The Morgan fingerprint density at radius 1 is 1.32 bits per heavy atom. The molecule has 2 aromatic rings. The van der Waals surface area contributed by atoms with Crippen molar-refractivity contribution in [3.63, 3.8) is 0 Å². The first-order valence-electron chi connectivity index (χ1n) is 5.90. The number of aldehydes is 1. The molecule has 1 heterocycles. The number of ether oxygens (including phenoxy) is 1. The minimum atomic E-state index is 0.357. The zero-order valence-electron chi connectivity index (χ0n) is 10.8. The van der Waals surface area contributed by atoms with Gasteiger partial charge >= 0.3 is 0 Å². The van der Waals surface area contributed by atoms with Crippen LogP contribution in [0.1, 0.15) is 27.2 Å². The fraction of sp³-hybridized carbons (Fsp3) is 0.200. The first-order valence-corrected chi connectivity index (χ1v) is 6.69. The van der Waals surface area contributed by atoms with Gasteiger partial charge in [0.05, 0.1) is 11.3 Å². The van der Waals surface area contributed by atoms with Gasteiger partial charge in [0.25, 0.3) is 0 Å². The van der Waals surface area contributed by atoms with Gasteiger partial charge in [-0.2, -0.15) is 0 Å². The van der Waals surface area contributed by atoms with E-state index in [0.29, 0.717) is 17.9 Å². The molecule has 0 aliphatic carbocycles. The van der Waals surface area contributed by atoms with E-state index in [1.54, 1.807) is 12.3 Å². The molecule has 0 N–H and O–H groups in total. The lowest BCUT2D eigenvalue weighted by Crippen LogP contribution is -2.03. The van der Waals surface area contributed by atoms with Gasteiger partial charge in [0.1, 0.15) is 12.4 Å². The molecule has 0 saturated carbocycles. The second kappa shape index (κ2) is 5.97. The number of aromatic nitrogens is 1. The quantitative estimate of drug-likeness (QED) is 0.803. The van der Waals surface area contributed by atoms with Crippen molar-refractivity contribution in [1.29, 1.82) is 0 Å². The molecular weight excluding hydrogens is 306 g/mol. The number of aryl methyl sites for hydroxylation is 2. The molecule has 0 unspecified atom stereocenters. The van der Waals surface area contributed by atoms with Crippen molar-refractivity contribution >= 4 is 22.2 Å². The third kappa shape index (κ3) is 3.20. The molecule has 0 bridgehead atoms. The molecule has 0 saturated heterocycles. The molecular formula is C15H14BrNO2. The number of halogens is 1. The lowest BCUT2D eigenvalue weighted by molar-refractivity contribution is 0.111. The van der Waals surface area contributed by atoms with Crippen molar-refractivity contribution in [1.82, 2.24) is 4.98 Å². The van der Waals surface area contributed by atoms with Crippen LogP contribution in [-0.4, -0.2) is 11.3 Å². The maximum Gasteiger partial charge on any atom is 0.153 e. The molecule has 0 radical (unpaired) electrons. The number of hydrogen-bond acceptors (Lipinski definition) is 3. The van der Waals surface area contributed by atoms with Crippen LogP contribution in [0.25, 0.3) is 0 Å². The van der Waals surface area contributed by atoms with E-state index in [9.17, 15) is 4.79 Å². The highest BCUT2D eigenvalue weighted by atomic mass is 79.9. The Balaban J connectivity index is 2.25. The van der Waals surface area contributed by atoms with Gasteiger partial charge in [-0.1, -0.05) is 22.0 Å². The average Bonchev–Trinajstić information content (AvgIpc) is 2.38. The summed E-state index contributed by atoms with van der Waals surface area (Å²) in [4.78, 5) is 15.4. The van der Waals surface area contributed by atoms with Gasteiger partial charge in [-0.15, -0.1) is 0 Å². The van der Waals surface area contributed by atoms with Crippen LogP contribution in [0.5, 0.6) is 5.75 Å². The molecule has 0 aliphatic heterocycles. The van der Waals surface area contributed by atoms with Crippen LogP contribution in [0.4, 0.5) is 0 Å². The van der Waals surface area contributed by atoms with Gasteiger partial charge in [0, 0.05) is 10.7 Å². The average molecular weight is 320 g/mol. The van der Waals surface area contributed by atoms with Gasteiger partial charge in [0.2, 0.25) is 0 Å². The van der Waals surface area contributed by atoms with E-state index in [4.69, 9.17) is 4.74 Å². The molecule has 0 spiro atoms. The summed E-state index contributed by atoms with van der Waals surface area (Å²) in [6, 6.07) is 7.55. The van der Waals surface area contributed by atoms with E-state index in [2.05, 4.69) is 20.9 Å². The number of rotatable bonds is 4. The summed E-state index contributed by atoms with van der Waals surface area (Å²) < 4.78 is 6.64. The van der Waals surface area contributed by atoms with Crippen LogP contribution in [0, 0.1) is 13.8 Å². The highest BCUT2D eigenvalue weighted by Crippen LogP contribution is 2.27. The van der Waals surface area contributed by atoms with Crippen molar-refractivity contribution in [3.8, 4) is 5.75 Å². The van der Waals surface area contributed by atoms with E-state index in [1.165, 1.54) is 0 Å². The van der Waals surface area contributed by atoms with Crippen molar-refractivity contribution in [2.75, 3.05) is 0 Å². The van der Waals surface area contributed by atoms with E-state index >= 15 is 0 Å². The minimum absolute atomic E-state index is 0.357. The summed E-state index contributed by atoms with van der Waals surface area (Å²) in [5, 5.41) is 0. The third-order valence-electron chi connectivity index (χ3n) is 2.87. The molecule has 0 amide bonds. The Kier molecular flexibility index (Phi) is 4.32. The lowest BCUT2D eigenvalue weighted by atomic mass is 10.1. The van der Waals surface area contributed by atoms with Gasteiger partial charge < -0.3 is 4.74 Å². The summed E-state index contributed by atoms with van der Waals surface area (Å²) in [6.07, 6.45) is 2.54. The SMILES string of the molecule is Cc1cccnc1COc1c(C)cc(Br)cc1C=O. The van der Waals surface area contributed by atoms with Crippen molar-refractivity contribution in [2.24, 2.45) is 0 Å². The third-order valence-corrected chi connectivity index (χ3v) is 3.32. The fourth-order valence-corrected chi connectivity index (χ4v) is 2.44. The summed E-state index contributed by atoms with van der Waals surface area (Å²) in [5.74, 6) is 0.614. The number of carbonyl (C=O) groups is 1. The van der Waals surface area contributed by atoms with Crippen LogP contribution in [0.15, 0.2) is 34.9 Å². The molecule has 1 aromatic heterocycles. The van der Waals surface area contributed by atoms with Crippen LogP contribution >= 0.6 is 15.9 Å². The molecule has 98 valence electrons. The summed E-state index contributed by atoms with van der Waals surface area (Å²) >= 11 is 3.37. The Bertz CT molecular complexity index is 611. The molecule has 4 heteroatoms. The summed E-state index contributed by atoms with van der Waals surface area (Å²) in [6.45, 7) is 4.26. The number of nitrogens with zero attached hydrogens (tertiary/aromatic N) is 1. The predicted octanol–water partition coefficient (Wildman–Crippen LogP) is 3.85. The highest BCUT2D eigenvalue weighted by molar-refractivity contribution is 9.10. The van der Waals surface area contributed by atoms with E-state index in [-0.39, 0.29) is 0 Å². The number of carbonyl (C=O) groups excluding carboxylic acids is 1. The first-order chi connectivity index (χ1) is 9.11. The maximum atomic E-state index is 11.1. The van der Waals surface area contributed by atoms with E-state index in [0.717, 1.165) is 27.6 Å².